The van der Waals surface area contributed by atoms with Crippen molar-refractivity contribution in [2.45, 2.75) is 57.8 Å². The summed E-state index contributed by atoms with van der Waals surface area (Å²) in [7, 11) is 0. The lowest BCUT2D eigenvalue weighted by Gasteiger charge is -2.34. The van der Waals surface area contributed by atoms with E-state index in [1.54, 1.807) is 0 Å². The number of rotatable bonds is 6. The molecule has 1 fully saturated rings. The second-order valence-corrected chi connectivity index (χ2v) is 8.25. The van der Waals surface area contributed by atoms with Crippen LogP contribution in [0, 0.1) is 5.92 Å². The standard InChI is InChI=1S/C16H32N2O2S/c1-13(21-5)8-9-17-11-14-7-6-10-18(12-14)15(19)20-16(2,3)4/h13-14,17H,6-12H2,1-5H3. The van der Waals surface area contributed by atoms with Crippen LogP contribution in [-0.2, 0) is 4.74 Å². The fourth-order valence-electron chi connectivity index (χ4n) is 2.45. The zero-order valence-electron chi connectivity index (χ0n) is 14.3. The van der Waals surface area contributed by atoms with E-state index >= 15 is 0 Å². The number of amides is 1. The Bertz CT molecular complexity index is 318. The Morgan fingerprint density at radius 1 is 1.48 bits per heavy atom. The van der Waals surface area contributed by atoms with Gasteiger partial charge < -0.3 is 15.0 Å². The van der Waals surface area contributed by atoms with Crippen molar-refractivity contribution in [1.82, 2.24) is 10.2 Å². The van der Waals surface area contributed by atoms with Crippen molar-refractivity contribution in [2.75, 3.05) is 32.4 Å². The van der Waals surface area contributed by atoms with Gasteiger partial charge in [-0.15, -0.1) is 0 Å². The van der Waals surface area contributed by atoms with Gasteiger partial charge in [0.15, 0.2) is 0 Å². The number of hydrogen-bond acceptors (Lipinski definition) is 4. The van der Waals surface area contributed by atoms with Crippen molar-refractivity contribution in [3.8, 4) is 0 Å². The molecule has 0 spiro atoms. The predicted molar refractivity (Wildman–Crippen MR) is 91.0 cm³/mol. The molecule has 1 amide bonds. The van der Waals surface area contributed by atoms with Crippen LogP contribution in [0.3, 0.4) is 0 Å². The number of nitrogens with one attached hydrogen (secondary N) is 1. The largest absolute Gasteiger partial charge is 0.444 e. The molecule has 1 aliphatic rings. The first-order valence-corrected chi connectivity index (χ1v) is 9.32. The molecule has 1 heterocycles. The summed E-state index contributed by atoms with van der Waals surface area (Å²) in [6.45, 7) is 11.7. The SMILES string of the molecule is CSC(C)CCNCC1CCCN(C(=O)OC(C)(C)C)C1. The van der Waals surface area contributed by atoms with E-state index in [-0.39, 0.29) is 6.09 Å². The van der Waals surface area contributed by atoms with Crippen LogP contribution in [-0.4, -0.2) is 54.3 Å². The lowest BCUT2D eigenvalue weighted by molar-refractivity contribution is 0.0166. The van der Waals surface area contributed by atoms with E-state index in [1.165, 1.54) is 12.8 Å². The van der Waals surface area contributed by atoms with E-state index in [0.717, 1.165) is 32.6 Å². The van der Waals surface area contributed by atoms with Gasteiger partial charge in [0, 0.05) is 18.3 Å². The summed E-state index contributed by atoms with van der Waals surface area (Å²) >= 11 is 1.91. The molecule has 0 bridgehead atoms. The fraction of sp³-hybridized carbons (Fsp3) is 0.938. The van der Waals surface area contributed by atoms with Crippen molar-refractivity contribution in [3.63, 3.8) is 0 Å². The molecule has 0 aromatic rings. The monoisotopic (exact) mass is 316 g/mol. The average Bonchev–Trinajstić information content (AvgIpc) is 2.41. The highest BCUT2D eigenvalue weighted by Gasteiger charge is 2.27. The first kappa shape index (κ1) is 18.6. The zero-order valence-corrected chi connectivity index (χ0v) is 15.1. The molecular weight excluding hydrogens is 284 g/mol. The van der Waals surface area contributed by atoms with Gasteiger partial charge in [-0.05, 0) is 65.3 Å². The lowest BCUT2D eigenvalue weighted by atomic mass is 9.98. The Kier molecular flexibility index (Phi) is 7.88. The molecule has 0 saturated carbocycles. The second-order valence-electron chi connectivity index (χ2n) is 6.97. The molecule has 2 unspecified atom stereocenters. The van der Waals surface area contributed by atoms with Gasteiger partial charge in [0.1, 0.15) is 5.60 Å². The van der Waals surface area contributed by atoms with Crippen LogP contribution in [0.1, 0.15) is 47.0 Å². The van der Waals surface area contributed by atoms with Gasteiger partial charge in [0.05, 0.1) is 0 Å². The van der Waals surface area contributed by atoms with E-state index in [1.807, 2.05) is 37.4 Å². The molecule has 5 heteroatoms. The molecule has 124 valence electrons. The third-order valence-electron chi connectivity index (χ3n) is 3.73. The van der Waals surface area contributed by atoms with Crippen LogP contribution in [0.5, 0.6) is 0 Å². The smallest absolute Gasteiger partial charge is 0.410 e. The minimum atomic E-state index is -0.407. The lowest BCUT2D eigenvalue weighted by Crippen LogP contribution is -2.45. The molecule has 0 aromatic carbocycles. The number of nitrogens with zero attached hydrogens (tertiary/aromatic N) is 1. The highest BCUT2D eigenvalue weighted by atomic mass is 32.2. The Labute approximate surface area is 134 Å². The van der Waals surface area contributed by atoms with E-state index in [9.17, 15) is 4.79 Å². The molecule has 1 rings (SSSR count). The summed E-state index contributed by atoms with van der Waals surface area (Å²) in [5.41, 5.74) is -0.407. The molecule has 21 heavy (non-hydrogen) atoms. The van der Waals surface area contributed by atoms with Crippen molar-refractivity contribution in [3.05, 3.63) is 0 Å². The molecule has 1 aliphatic heterocycles. The molecule has 4 nitrogen and oxygen atoms in total. The number of piperidine rings is 1. The summed E-state index contributed by atoms with van der Waals surface area (Å²) in [6.07, 6.45) is 5.47. The van der Waals surface area contributed by atoms with Gasteiger partial charge in [-0.25, -0.2) is 4.79 Å². The third-order valence-corrected chi connectivity index (χ3v) is 4.77. The number of hydrogen-bond donors (Lipinski definition) is 1. The van der Waals surface area contributed by atoms with E-state index in [4.69, 9.17) is 4.74 Å². The van der Waals surface area contributed by atoms with Crippen LogP contribution in [0.4, 0.5) is 4.79 Å². The quantitative estimate of drug-likeness (QED) is 0.763. The molecule has 0 aliphatic carbocycles. The summed E-state index contributed by atoms with van der Waals surface area (Å²) in [5.74, 6) is 0.552. The maximum absolute atomic E-state index is 12.1. The minimum Gasteiger partial charge on any atom is -0.444 e. The van der Waals surface area contributed by atoms with Crippen LogP contribution >= 0.6 is 11.8 Å². The van der Waals surface area contributed by atoms with Crippen molar-refractivity contribution >= 4 is 17.9 Å². The Hall–Kier alpha value is -0.420. The van der Waals surface area contributed by atoms with E-state index in [0.29, 0.717) is 11.2 Å². The Balaban J connectivity index is 2.27. The number of likely N-dealkylation sites (tertiary alicyclic amines) is 1. The Morgan fingerprint density at radius 3 is 2.81 bits per heavy atom. The molecule has 1 N–H and O–H groups in total. The topological polar surface area (TPSA) is 41.6 Å². The Morgan fingerprint density at radius 2 is 2.19 bits per heavy atom. The normalized spacial score (nSPS) is 21.2. The van der Waals surface area contributed by atoms with Gasteiger partial charge >= 0.3 is 6.09 Å². The van der Waals surface area contributed by atoms with E-state index in [2.05, 4.69) is 18.5 Å². The minimum absolute atomic E-state index is 0.164. The molecule has 0 radical (unpaired) electrons. The van der Waals surface area contributed by atoms with Crippen LogP contribution < -0.4 is 5.32 Å². The molecular formula is C16H32N2O2S. The van der Waals surface area contributed by atoms with Gasteiger partial charge in [-0.2, -0.15) is 11.8 Å². The zero-order chi connectivity index (χ0) is 15.9. The van der Waals surface area contributed by atoms with Crippen LogP contribution in [0.2, 0.25) is 0 Å². The van der Waals surface area contributed by atoms with Crippen molar-refractivity contribution in [1.29, 1.82) is 0 Å². The fourth-order valence-corrected chi connectivity index (χ4v) is 2.81. The number of ether oxygens (including phenoxy) is 1. The maximum Gasteiger partial charge on any atom is 0.410 e. The van der Waals surface area contributed by atoms with Crippen LogP contribution in [0.15, 0.2) is 0 Å². The first-order chi connectivity index (χ1) is 9.81. The summed E-state index contributed by atoms with van der Waals surface area (Å²) in [5, 5.41) is 4.25. The second kappa shape index (κ2) is 8.89. The summed E-state index contributed by atoms with van der Waals surface area (Å²) < 4.78 is 5.46. The van der Waals surface area contributed by atoms with Gasteiger partial charge in [-0.3, -0.25) is 0 Å². The number of carbonyl (C=O) groups is 1. The summed E-state index contributed by atoms with van der Waals surface area (Å²) in [6, 6.07) is 0. The highest BCUT2D eigenvalue weighted by Crippen LogP contribution is 2.19. The van der Waals surface area contributed by atoms with E-state index < -0.39 is 5.60 Å². The molecule has 1 saturated heterocycles. The molecule has 2 atom stereocenters. The highest BCUT2D eigenvalue weighted by molar-refractivity contribution is 7.99. The van der Waals surface area contributed by atoms with Crippen molar-refractivity contribution < 1.29 is 9.53 Å². The third kappa shape index (κ3) is 7.96. The van der Waals surface area contributed by atoms with Gasteiger partial charge in [0.25, 0.3) is 0 Å². The van der Waals surface area contributed by atoms with Crippen LogP contribution in [0.25, 0.3) is 0 Å². The number of thioether (sulfide) groups is 1. The van der Waals surface area contributed by atoms with Gasteiger partial charge in [-0.1, -0.05) is 6.92 Å². The predicted octanol–water partition coefficient (Wildman–Crippen LogP) is 3.36. The number of carbonyl (C=O) groups excluding carboxylic acids is 1. The van der Waals surface area contributed by atoms with Gasteiger partial charge in [0.2, 0.25) is 0 Å². The maximum atomic E-state index is 12.1. The van der Waals surface area contributed by atoms with Crippen molar-refractivity contribution in [2.24, 2.45) is 5.92 Å². The molecule has 0 aromatic heterocycles. The average molecular weight is 317 g/mol. The summed E-state index contributed by atoms with van der Waals surface area (Å²) in [4.78, 5) is 14.0. The first-order valence-electron chi connectivity index (χ1n) is 8.03.